The van der Waals surface area contributed by atoms with Crippen molar-refractivity contribution in [2.45, 2.75) is 19.3 Å². The Hall–Kier alpha value is -1.76. The van der Waals surface area contributed by atoms with Gasteiger partial charge in [-0.3, -0.25) is 4.79 Å². The maximum Gasteiger partial charge on any atom is 0.350 e. The molecule has 1 amide bonds. The van der Waals surface area contributed by atoms with Gasteiger partial charge < -0.3 is 20.7 Å². The summed E-state index contributed by atoms with van der Waals surface area (Å²) >= 11 is 1.21. The summed E-state index contributed by atoms with van der Waals surface area (Å²) in [5.41, 5.74) is 6.56. The topological polar surface area (TPSA) is 84.7 Å². The molecule has 1 saturated carbocycles. The lowest BCUT2D eigenvalue weighted by Crippen LogP contribution is -2.30. The van der Waals surface area contributed by atoms with Crippen LogP contribution in [0.4, 0.5) is 10.7 Å². The van der Waals surface area contributed by atoms with Crippen LogP contribution in [0.2, 0.25) is 0 Å². The van der Waals surface area contributed by atoms with Crippen molar-refractivity contribution in [1.82, 2.24) is 5.32 Å². The molecule has 0 saturated heterocycles. The van der Waals surface area contributed by atoms with Crippen molar-refractivity contribution in [3.63, 3.8) is 0 Å². The number of nitrogen functional groups attached to an aromatic ring is 1. The number of amides is 1. The molecule has 1 aliphatic carbocycles. The van der Waals surface area contributed by atoms with Gasteiger partial charge in [0.15, 0.2) is 0 Å². The van der Waals surface area contributed by atoms with E-state index in [4.69, 9.17) is 10.5 Å². The quantitative estimate of drug-likeness (QED) is 0.809. The minimum absolute atomic E-state index is 0.196. The second kappa shape index (κ2) is 6.34. The molecule has 0 aliphatic heterocycles. The Labute approximate surface area is 128 Å². The third-order valence-electron chi connectivity index (χ3n) is 3.85. The smallest absolute Gasteiger partial charge is 0.350 e. The van der Waals surface area contributed by atoms with Crippen molar-refractivity contribution in [2.75, 3.05) is 38.4 Å². The van der Waals surface area contributed by atoms with E-state index >= 15 is 0 Å². The number of esters is 1. The monoisotopic (exact) mass is 311 g/mol. The van der Waals surface area contributed by atoms with Crippen molar-refractivity contribution in [3.05, 3.63) is 10.4 Å². The molecular weight excluding hydrogens is 290 g/mol. The van der Waals surface area contributed by atoms with Gasteiger partial charge in [0.1, 0.15) is 9.88 Å². The molecule has 21 heavy (non-hydrogen) atoms. The molecule has 0 aromatic carbocycles. The zero-order valence-corrected chi connectivity index (χ0v) is 13.4. The summed E-state index contributed by atoms with van der Waals surface area (Å²) in [6.45, 7) is 0.866. The van der Waals surface area contributed by atoms with E-state index < -0.39 is 5.97 Å². The van der Waals surface area contributed by atoms with Gasteiger partial charge in [-0.05, 0) is 18.8 Å². The SMILES string of the molecule is CNC(=O)c1c(N(C)CC2CCC2)sc(C(=O)OC)c1N. The molecule has 1 heterocycles. The number of nitrogens with one attached hydrogen (secondary N) is 1. The lowest BCUT2D eigenvalue weighted by atomic mass is 9.85. The van der Waals surface area contributed by atoms with Gasteiger partial charge in [0.05, 0.1) is 18.4 Å². The van der Waals surface area contributed by atoms with Gasteiger partial charge in [-0.25, -0.2) is 4.79 Å². The minimum atomic E-state index is -0.508. The van der Waals surface area contributed by atoms with Crippen LogP contribution in [-0.4, -0.2) is 39.6 Å². The van der Waals surface area contributed by atoms with E-state index in [0.717, 1.165) is 11.5 Å². The summed E-state index contributed by atoms with van der Waals surface area (Å²) < 4.78 is 4.73. The van der Waals surface area contributed by atoms with Gasteiger partial charge in [-0.1, -0.05) is 6.42 Å². The fraction of sp³-hybridized carbons (Fsp3) is 0.571. The largest absolute Gasteiger partial charge is 0.465 e. The van der Waals surface area contributed by atoms with Crippen LogP contribution in [0.1, 0.15) is 39.3 Å². The van der Waals surface area contributed by atoms with E-state index in [0.29, 0.717) is 11.5 Å². The second-order valence-electron chi connectivity index (χ2n) is 5.27. The molecule has 7 heteroatoms. The van der Waals surface area contributed by atoms with Crippen LogP contribution in [-0.2, 0) is 4.74 Å². The first-order valence-corrected chi connectivity index (χ1v) is 7.75. The number of thiophene rings is 1. The maximum absolute atomic E-state index is 12.1. The van der Waals surface area contributed by atoms with Crippen molar-refractivity contribution in [3.8, 4) is 0 Å². The third kappa shape index (κ3) is 2.97. The van der Waals surface area contributed by atoms with E-state index in [1.807, 2.05) is 11.9 Å². The summed E-state index contributed by atoms with van der Waals surface area (Å²) in [6.07, 6.45) is 3.69. The van der Waals surface area contributed by atoms with Crippen LogP contribution < -0.4 is 16.0 Å². The highest BCUT2D eigenvalue weighted by molar-refractivity contribution is 7.19. The number of nitrogens with zero attached hydrogens (tertiary/aromatic N) is 1. The Morgan fingerprint density at radius 3 is 2.62 bits per heavy atom. The Morgan fingerprint density at radius 1 is 1.48 bits per heavy atom. The summed E-state index contributed by atoms with van der Waals surface area (Å²) in [5.74, 6) is -0.141. The van der Waals surface area contributed by atoms with Crippen LogP contribution in [0.5, 0.6) is 0 Å². The molecule has 0 atom stereocenters. The lowest BCUT2D eigenvalue weighted by Gasteiger charge is -2.31. The first-order valence-electron chi connectivity index (χ1n) is 6.93. The van der Waals surface area contributed by atoms with E-state index in [-0.39, 0.29) is 16.5 Å². The zero-order chi connectivity index (χ0) is 15.6. The van der Waals surface area contributed by atoms with Crippen molar-refractivity contribution in [2.24, 2.45) is 5.92 Å². The average molecular weight is 311 g/mol. The number of hydrogen-bond acceptors (Lipinski definition) is 6. The number of methoxy groups -OCH3 is 1. The molecule has 1 fully saturated rings. The van der Waals surface area contributed by atoms with Gasteiger partial charge in [0, 0.05) is 20.6 Å². The van der Waals surface area contributed by atoms with Crippen LogP contribution in [0.3, 0.4) is 0 Å². The zero-order valence-electron chi connectivity index (χ0n) is 12.6. The van der Waals surface area contributed by atoms with Gasteiger partial charge in [0.25, 0.3) is 5.91 Å². The van der Waals surface area contributed by atoms with Crippen LogP contribution in [0.15, 0.2) is 0 Å². The van der Waals surface area contributed by atoms with E-state index in [9.17, 15) is 9.59 Å². The van der Waals surface area contributed by atoms with E-state index in [2.05, 4.69) is 5.32 Å². The summed E-state index contributed by atoms with van der Waals surface area (Å²) in [4.78, 5) is 26.2. The highest BCUT2D eigenvalue weighted by Gasteiger charge is 2.29. The number of nitrogens with two attached hydrogens (primary N) is 1. The van der Waals surface area contributed by atoms with Crippen molar-refractivity contribution < 1.29 is 14.3 Å². The molecular formula is C14H21N3O3S. The Balaban J connectivity index is 2.36. The van der Waals surface area contributed by atoms with Crippen LogP contribution >= 0.6 is 11.3 Å². The fourth-order valence-electron chi connectivity index (χ4n) is 2.43. The molecule has 0 spiro atoms. The molecule has 1 aromatic heterocycles. The first kappa shape index (κ1) is 15.6. The number of rotatable bonds is 5. The minimum Gasteiger partial charge on any atom is -0.465 e. The average Bonchev–Trinajstić information content (AvgIpc) is 2.78. The second-order valence-corrected chi connectivity index (χ2v) is 6.27. The molecule has 1 aromatic rings. The standard InChI is InChI=1S/C14H21N3O3S/c1-16-12(18)9-10(15)11(14(19)20-3)21-13(9)17(2)7-8-5-4-6-8/h8H,4-7,15H2,1-3H3,(H,16,18). The van der Waals surface area contributed by atoms with E-state index in [1.165, 1.54) is 37.7 Å². The predicted molar refractivity (Wildman–Crippen MR) is 84.1 cm³/mol. The highest BCUT2D eigenvalue weighted by Crippen LogP contribution is 2.39. The molecule has 2 rings (SSSR count). The van der Waals surface area contributed by atoms with Gasteiger partial charge in [0.2, 0.25) is 0 Å². The number of hydrogen-bond donors (Lipinski definition) is 2. The van der Waals surface area contributed by atoms with Crippen molar-refractivity contribution in [1.29, 1.82) is 0 Å². The van der Waals surface area contributed by atoms with Crippen LogP contribution in [0, 0.1) is 5.92 Å². The Morgan fingerprint density at radius 2 is 2.14 bits per heavy atom. The number of carbonyl (C=O) groups excluding carboxylic acids is 2. The van der Waals surface area contributed by atoms with Gasteiger partial charge in [-0.15, -0.1) is 11.3 Å². The van der Waals surface area contributed by atoms with Gasteiger partial charge >= 0.3 is 5.97 Å². The Kier molecular flexibility index (Phi) is 4.72. The van der Waals surface area contributed by atoms with E-state index in [1.54, 1.807) is 7.05 Å². The molecule has 116 valence electrons. The molecule has 0 unspecified atom stereocenters. The Bertz CT molecular complexity index is 552. The summed E-state index contributed by atoms with van der Waals surface area (Å²) in [6, 6.07) is 0. The summed E-state index contributed by atoms with van der Waals surface area (Å²) in [5, 5.41) is 3.30. The third-order valence-corrected chi connectivity index (χ3v) is 5.15. The number of carbonyl (C=O) groups is 2. The normalized spacial score (nSPS) is 14.4. The summed E-state index contributed by atoms with van der Waals surface area (Å²) in [7, 11) is 4.78. The fourth-order valence-corrected chi connectivity index (χ4v) is 3.54. The van der Waals surface area contributed by atoms with Gasteiger partial charge in [-0.2, -0.15) is 0 Å². The van der Waals surface area contributed by atoms with Crippen molar-refractivity contribution >= 4 is 33.9 Å². The lowest BCUT2D eigenvalue weighted by molar-refractivity contribution is 0.0607. The predicted octanol–water partition coefficient (Wildman–Crippen LogP) is 1.71. The molecule has 6 nitrogen and oxygen atoms in total. The number of anilines is 2. The molecule has 3 N–H and O–H groups in total. The highest BCUT2D eigenvalue weighted by atomic mass is 32.1. The molecule has 1 aliphatic rings. The molecule has 0 radical (unpaired) electrons. The first-order chi connectivity index (χ1) is 9.99. The molecule has 0 bridgehead atoms. The number of ether oxygens (including phenoxy) is 1. The van der Waals surface area contributed by atoms with Crippen LogP contribution in [0.25, 0.3) is 0 Å². The maximum atomic E-state index is 12.1.